The minimum absolute atomic E-state index is 0.428. The third-order valence-corrected chi connectivity index (χ3v) is 3.57. The number of hydrogen-bond donors (Lipinski definition) is 0. The largest absolute Gasteiger partial charge is 0.123 e. The Morgan fingerprint density at radius 2 is 2.18 bits per heavy atom. The van der Waals surface area contributed by atoms with Gasteiger partial charge in [-0.2, -0.15) is 0 Å². The Labute approximate surface area is 75.3 Å². The Morgan fingerprint density at radius 3 is 2.55 bits per heavy atom. The zero-order valence-corrected chi connectivity index (χ0v) is 8.62. The highest BCUT2D eigenvalue weighted by Crippen LogP contribution is 2.43. The molecular weight excluding hydrogens is 156 g/mol. The molecule has 0 aromatic carbocycles. The molecule has 0 aliphatic heterocycles. The van der Waals surface area contributed by atoms with Crippen LogP contribution in [0.5, 0.6) is 0 Å². The van der Waals surface area contributed by atoms with Crippen LogP contribution < -0.4 is 0 Å². The molecule has 1 saturated carbocycles. The molecule has 1 aliphatic rings. The van der Waals surface area contributed by atoms with Gasteiger partial charge in [-0.3, -0.25) is 0 Å². The van der Waals surface area contributed by atoms with Crippen molar-refractivity contribution in [2.24, 2.45) is 11.3 Å². The first-order valence-corrected chi connectivity index (χ1v) is 5.13. The molecule has 0 saturated heterocycles. The van der Waals surface area contributed by atoms with Crippen LogP contribution in [-0.2, 0) is 0 Å². The van der Waals surface area contributed by atoms with E-state index in [9.17, 15) is 0 Å². The summed E-state index contributed by atoms with van der Waals surface area (Å²) in [6.45, 7) is 6.89. The Hall–Kier alpha value is 0.290. The molecular formula is C10H19Cl. The van der Waals surface area contributed by atoms with Crippen LogP contribution in [0.3, 0.4) is 0 Å². The van der Waals surface area contributed by atoms with E-state index in [0.717, 1.165) is 12.3 Å². The van der Waals surface area contributed by atoms with Crippen LogP contribution in [0.1, 0.15) is 46.5 Å². The summed E-state index contributed by atoms with van der Waals surface area (Å²) in [4.78, 5) is 0. The Bertz CT molecular complexity index is 129. The van der Waals surface area contributed by atoms with Gasteiger partial charge in [0.25, 0.3) is 0 Å². The van der Waals surface area contributed by atoms with Gasteiger partial charge in [0.15, 0.2) is 0 Å². The molecule has 0 nitrogen and oxygen atoms in total. The van der Waals surface area contributed by atoms with E-state index in [2.05, 4.69) is 20.8 Å². The van der Waals surface area contributed by atoms with E-state index >= 15 is 0 Å². The lowest BCUT2D eigenvalue weighted by Crippen LogP contribution is -2.12. The number of rotatable bonds is 2. The molecule has 0 aromatic heterocycles. The Morgan fingerprint density at radius 1 is 1.55 bits per heavy atom. The molecule has 2 unspecified atom stereocenters. The third kappa shape index (κ3) is 2.37. The van der Waals surface area contributed by atoms with Gasteiger partial charge in [0.1, 0.15) is 0 Å². The summed E-state index contributed by atoms with van der Waals surface area (Å²) in [6, 6.07) is 0. The normalized spacial score (nSPS) is 32.2. The molecule has 0 bridgehead atoms. The van der Waals surface area contributed by atoms with E-state index < -0.39 is 0 Å². The fraction of sp³-hybridized carbons (Fsp3) is 1.00. The number of alkyl halides is 1. The van der Waals surface area contributed by atoms with Crippen molar-refractivity contribution < 1.29 is 0 Å². The fourth-order valence-corrected chi connectivity index (χ4v) is 2.35. The van der Waals surface area contributed by atoms with Gasteiger partial charge in [0.05, 0.1) is 0 Å². The lowest BCUT2D eigenvalue weighted by atomic mass is 9.89. The summed E-state index contributed by atoms with van der Waals surface area (Å²) in [6.07, 6.45) is 5.16. The third-order valence-electron chi connectivity index (χ3n) is 2.91. The highest BCUT2D eigenvalue weighted by Gasteiger charge is 2.33. The monoisotopic (exact) mass is 174 g/mol. The molecule has 0 aromatic rings. The number of halogens is 1. The maximum atomic E-state index is 6.20. The van der Waals surface area contributed by atoms with Crippen molar-refractivity contribution in [3.05, 3.63) is 0 Å². The molecule has 0 radical (unpaired) electrons. The molecule has 1 fully saturated rings. The van der Waals surface area contributed by atoms with Crippen LogP contribution in [0.25, 0.3) is 0 Å². The predicted octanol–water partition coefficient (Wildman–Crippen LogP) is 3.83. The molecule has 0 amide bonds. The van der Waals surface area contributed by atoms with Gasteiger partial charge in [0.2, 0.25) is 0 Å². The fourth-order valence-electron chi connectivity index (χ4n) is 2.13. The van der Waals surface area contributed by atoms with Crippen LogP contribution >= 0.6 is 11.6 Å². The smallest absolute Gasteiger partial charge is 0.0361 e. The van der Waals surface area contributed by atoms with E-state index in [0.29, 0.717) is 10.8 Å². The molecule has 1 rings (SSSR count). The maximum absolute atomic E-state index is 6.20. The van der Waals surface area contributed by atoms with Gasteiger partial charge in [-0.1, -0.05) is 20.8 Å². The van der Waals surface area contributed by atoms with E-state index in [-0.39, 0.29) is 0 Å². The standard InChI is InChI=1S/C10H19Cl/c1-4-9(11)8-5-6-10(2,3)7-8/h8-9H,4-7H2,1-3H3. The van der Waals surface area contributed by atoms with E-state index in [1.54, 1.807) is 0 Å². The van der Waals surface area contributed by atoms with Crippen molar-refractivity contribution in [3.8, 4) is 0 Å². The summed E-state index contributed by atoms with van der Waals surface area (Å²) in [5.41, 5.74) is 0.562. The second-order valence-electron chi connectivity index (χ2n) is 4.59. The minimum atomic E-state index is 0.428. The van der Waals surface area contributed by atoms with Crippen molar-refractivity contribution >= 4 is 11.6 Å². The van der Waals surface area contributed by atoms with Crippen molar-refractivity contribution in [1.82, 2.24) is 0 Å². The topological polar surface area (TPSA) is 0 Å². The van der Waals surface area contributed by atoms with E-state index in [1.807, 2.05) is 0 Å². The maximum Gasteiger partial charge on any atom is 0.0361 e. The highest BCUT2D eigenvalue weighted by atomic mass is 35.5. The van der Waals surface area contributed by atoms with Gasteiger partial charge in [-0.05, 0) is 37.0 Å². The van der Waals surface area contributed by atoms with Crippen molar-refractivity contribution in [2.45, 2.75) is 51.8 Å². The van der Waals surface area contributed by atoms with Crippen LogP contribution in [0, 0.1) is 11.3 Å². The van der Waals surface area contributed by atoms with Crippen LogP contribution in [0.4, 0.5) is 0 Å². The lowest BCUT2D eigenvalue weighted by molar-refractivity contribution is 0.355. The van der Waals surface area contributed by atoms with Gasteiger partial charge < -0.3 is 0 Å². The minimum Gasteiger partial charge on any atom is -0.123 e. The average Bonchev–Trinajstić information content (AvgIpc) is 2.29. The molecule has 11 heavy (non-hydrogen) atoms. The first-order valence-electron chi connectivity index (χ1n) is 4.69. The quantitative estimate of drug-likeness (QED) is 0.559. The lowest BCUT2D eigenvalue weighted by Gasteiger charge is -2.19. The van der Waals surface area contributed by atoms with Crippen LogP contribution in [0.15, 0.2) is 0 Å². The van der Waals surface area contributed by atoms with Gasteiger partial charge >= 0.3 is 0 Å². The highest BCUT2D eigenvalue weighted by molar-refractivity contribution is 6.20. The molecule has 1 heteroatoms. The predicted molar refractivity (Wildman–Crippen MR) is 51.1 cm³/mol. The SMILES string of the molecule is CCC(Cl)C1CCC(C)(C)C1. The summed E-state index contributed by atoms with van der Waals surface area (Å²) < 4.78 is 0. The summed E-state index contributed by atoms with van der Waals surface area (Å²) in [5, 5.41) is 0.428. The van der Waals surface area contributed by atoms with Gasteiger partial charge in [-0.25, -0.2) is 0 Å². The summed E-state index contributed by atoms with van der Waals surface area (Å²) >= 11 is 6.20. The summed E-state index contributed by atoms with van der Waals surface area (Å²) in [5.74, 6) is 0.789. The molecule has 1 aliphatic carbocycles. The molecule has 66 valence electrons. The average molecular weight is 175 g/mol. The molecule has 0 heterocycles. The summed E-state index contributed by atoms with van der Waals surface area (Å²) in [7, 11) is 0. The second-order valence-corrected chi connectivity index (χ2v) is 5.15. The van der Waals surface area contributed by atoms with Crippen molar-refractivity contribution in [3.63, 3.8) is 0 Å². The second kappa shape index (κ2) is 3.35. The molecule has 2 atom stereocenters. The molecule has 0 spiro atoms. The van der Waals surface area contributed by atoms with Crippen molar-refractivity contribution in [2.75, 3.05) is 0 Å². The van der Waals surface area contributed by atoms with E-state index in [4.69, 9.17) is 11.6 Å². The Kier molecular flexibility index (Phi) is 2.85. The van der Waals surface area contributed by atoms with Crippen LogP contribution in [-0.4, -0.2) is 5.38 Å². The first-order chi connectivity index (χ1) is 5.05. The first kappa shape index (κ1) is 9.38. The zero-order chi connectivity index (χ0) is 8.48. The van der Waals surface area contributed by atoms with E-state index in [1.165, 1.54) is 19.3 Å². The van der Waals surface area contributed by atoms with Crippen LogP contribution in [0.2, 0.25) is 0 Å². The van der Waals surface area contributed by atoms with Crippen molar-refractivity contribution in [1.29, 1.82) is 0 Å². The Balaban J connectivity index is 2.41. The van der Waals surface area contributed by atoms with Gasteiger partial charge in [0, 0.05) is 5.38 Å². The number of hydrogen-bond acceptors (Lipinski definition) is 0. The molecule has 0 N–H and O–H groups in total. The van der Waals surface area contributed by atoms with Gasteiger partial charge in [-0.15, -0.1) is 11.6 Å². The zero-order valence-electron chi connectivity index (χ0n) is 7.86.